The van der Waals surface area contributed by atoms with Crippen molar-refractivity contribution in [1.82, 2.24) is 15.0 Å². The van der Waals surface area contributed by atoms with Crippen molar-refractivity contribution in [2.75, 3.05) is 26.2 Å². The van der Waals surface area contributed by atoms with Crippen LogP contribution in [0.1, 0.15) is 35.4 Å². The first-order valence-electron chi connectivity index (χ1n) is 9.09. The van der Waals surface area contributed by atoms with Crippen molar-refractivity contribution in [3.05, 3.63) is 52.9 Å². The smallest absolute Gasteiger partial charge is 0.222 e. The Morgan fingerprint density at radius 1 is 1.12 bits per heavy atom. The molecule has 1 fully saturated rings. The van der Waals surface area contributed by atoms with Gasteiger partial charge in [0, 0.05) is 44.7 Å². The summed E-state index contributed by atoms with van der Waals surface area (Å²) in [5.74, 6) is 1.17. The van der Waals surface area contributed by atoms with Crippen molar-refractivity contribution in [2.24, 2.45) is 0 Å². The molecule has 1 aromatic carbocycles. The third-order valence-electron chi connectivity index (χ3n) is 4.97. The van der Waals surface area contributed by atoms with Crippen molar-refractivity contribution in [2.45, 2.75) is 39.7 Å². The normalized spacial score (nSPS) is 16.0. The number of aromatic nitrogens is 1. The number of aryl methyl sites for hydroxylation is 3. The molecule has 0 spiro atoms. The molecule has 0 aliphatic carbocycles. The topological polar surface area (TPSA) is 49.6 Å². The van der Waals surface area contributed by atoms with Crippen molar-refractivity contribution in [3.63, 3.8) is 0 Å². The van der Waals surface area contributed by atoms with E-state index >= 15 is 0 Å². The fourth-order valence-electron chi connectivity index (χ4n) is 3.38. The summed E-state index contributed by atoms with van der Waals surface area (Å²) in [4.78, 5) is 17.0. The molecule has 3 rings (SSSR count). The minimum Gasteiger partial charge on any atom is -0.361 e. The molecule has 0 unspecified atom stereocenters. The highest BCUT2D eigenvalue weighted by Gasteiger charge is 2.20. The molecular weight excluding hydrogens is 314 g/mol. The third kappa shape index (κ3) is 4.69. The molecule has 2 aromatic rings. The van der Waals surface area contributed by atoms with E-state index in [-0.39, 0.29) is 5.91 Å². The Bertz CT molecular complexity index is 677. The van der Waals surface area contributed by atoms with Crippen molar-refractivity contribution in [1.29, 1.82) is 0 Å². The maximum atomic E-state index is 12.5. The Kier molecular flexibility index (Phi) is 5.87. The minimum absolute atomic E-state index is 0.267. The summed E-state index contributed by atoms with van der Waals surface area (Å²) in [6.45, 7) is 8.37. The number of hydrogen-bond donors (Lipinski definition) is 0. The van der Waals surface area contributed by atoms with E-state index < -0.39 is 0 Å². The van der Waals surface area contributed by atoms with Gasteiger partial charge in [-0.1, -0.05) is 35.5 Å². The van der Waals surface area contributed by atoms with Gasteiger partial charge in [0.1, 0.15) is 5.76 Å². The zero-order valence-electron chi connectivity index (χ0n) is 15.2. The zero-order chi connectivity index (χ0) is 17.6. The molecule has 0 bridgehead atoms. The van der Waals surface area contributed by atoms with E-state index in [2.05, 4.69) is 22.2 Å². The first-order chi connectivity index (χ1) is 12.1. The number of carbonyl (C=O) groups is 1. The predicted molar refractivity (Wildman–Crippen MR) is 97.2 cm³/mol. The van der Waals surface area contributed by atoms with Crippen LogP contribution in [0.15, 0.2) is 34.9 Å². The lowest BCUT2D eigenvalue weighted by Gasteiger charge is -2.22. The molecule has 0 atom stereocenters. The van der Waals surface area contributed by atoms with Crippen LogP contribution in [-0.4, -0.2) is 47.0 Å². The standard InChI is InChI=1S/C20H27N3O2/c1-16-19(17(2)25-21-16)15-22-11-6-12-23(14-13-22)20(24)10-9-18-7-4-3-5-8-18/h3-5,7-8H,6,9-15H2,1-2H3. The largest absolute Gasteiger partial charge is 0.361 e. The molecule has 0 N–H and O–H groups in total. The third-order valence-corrected chi connectivity index (χ3v) is 4.97. The molecule has 134 valence electrons. The number of hydrogen-bond acceptors (Lipinski definition) is 4. The molecule has 0 saturated carbocycles. The van der Waals surface area contributed by atoms with Crippen LogP contribution in [0.4, 0.5) is 0 Å². The van der Waals surface area contributed by atoms with Crippen molar-refractivity contribution >= 4 is 5.91 Å². The molecule has 0 radical (unpaired) electrons. The lowest BCUT2D eigenvalue weighted by molar-refractivity contribution is -0.131. The number of nitrogens with zero attached hydrogens (tertiary/aromatic N) is 3. The lowest BCUT2D eigenvalue weighted by Crippen LogP contribution is -2.35. The zero-order valence-corrected chi connectivity index (χ0v) is 15.2. The van der Waals surface area contributed by atoms with Gasteiger partial charge < -0.3 is 9.42 Å². The summed E-state index contributed by atoms with van der Waals surface area (Å²) < 4.78 is 5.26. The van der Waals surface area contributed by atoms with Gasteiger partial charge in [-0.05, 0) is 32.3 Å². The van der Waals surface area contributed by atoms with Gasteiger partial charge in [-0.3, -0.25) is 9.69 Å². The molecule has 1 aliphatic heterocycles. The summed E-state index contributed by atoms with van der Waals surface area (Å²) in [5.41, 5.74) is 3.38. The highest BCUT2D eigenvalue weighted by Crippen LogP contribution is 2.16. The van der Waals surface area contributed by atoms with Gasteiger partial charge in [-0.25, -0.2) is 0 Å². The van der Waals surface area contributed by atoms with Gasteiger partial charge in [0.25, 0.3) is 0 Å². The highest BCUT2D eigenvalue weighted by atomic mass is 16.5. The van der Waals surface area contributed by atoms with E-state index in [0.717, 1.165) is 57.0 Å². The molecule has 1 aliphatic rings. The summed E-state index contributed by atoms with van der Waals surface area (Å²) in [7, 11) is 0. The molecule has 1 aromatic heterocycles. The van der Waals surface area contributed by atoms with Crippen LogP contribution in [0, 0.1) is 13.8 Å². The average molecular weight is 341 g/mol. The van der Waals surface area contributed by atoms with Crippen LogP contribution in [0.5, 0.6) is 0 Å². The molecule has 2 heterocycles. The summed E-state index contributed by atoms with van der Waals surface area (Å²) in [6, 6.07) is 10.2. The van der Waals surface area contributed by atoms with Crippen LogP contribution < -0.4 is 0 Å². The molecule has 1 saturated heterocycles. The molecular formula is C20H27N3O2. The van der Waals surface area contributed by atoms with Crippen LogP contribution in [0.3, 0.4) is 0 Å². The average Bonchev–Trinajstić information content (AvgIpc) is 2.82. The van der Waals surface area contributed by atoms with Crippen molar-refractivity contribution in [3.8, 4) is 0 Å². The summed E-state index contributed by atoms with van der Waals surface area (Å²) >= 11 is 0. The van der Waals surface area contributed by atoms with Crippen LogP contribution >= 0.6 is 0 Å². The number of amides is 1. The Morgan fingerprint density at radius 3 is 2.64 bits per heavy atom. The van der Waals surface area contributed by atoms with Gasteiger partial charge >= 0.3 is 0 Å². The SMILES string of the molecule is Cc1noc(C)c1CN1CCCN(C(=O)CCc2ccccc2)CC1. The van der Waals surface area contributed by atoms with Gasteiger partial charge in [0.05, 0.1) is 5.69 Å². The second-order valence-electron chi connectivity index (χ2n) is 6.80. The number of benzene rings is 1. The number of carbonyl (C=O) groups excluding carboxylic acids is 1. The Labute approximate surface area is 149 Å². The molecule has 1 amide bonds. The van der Waals surface area contributed by atoms with Gasteiger partial charge in [-0.15, -0.1) is 0 Å². The highest BCUT2D eigenvalue weighted by molar-refractivity contribution is 5.76. The second-order valence-corrected chi connectivity index (χ2v) is 6.80. The van der Waals surface area contributed by atoms with Gasteiger partial charge in [0.15, 0.2) is 0 Å². The Morgan fingerprint density at radius 2 is 1.92 bits per heavy atom. The fourth-order valence-corrected chi connectivity index (χ4v) is 3.38. The Balaban J connectivity index is 1.50. The van der Waals surface area contributed by atoms with Crippen LogP contribution in [-0.2, 0) is 17.8 Å². The van der Waals surface area contributed by atoms with E-state index in [1.165, 1.54) is 11.1 Å². The van der Waals surface area contributed by atoms with E-state index in [1.54, 1.807) is 0 Å². The van der Waals surface area contributed by atoms with E-state index in [1.807, 2.05) is 36.9 Å². The quantitative estimate of drug-likeness (QED) is 0.839. The molecule has 5 nitrogen and oxygen atoms in total. The molecule has 5 heteroatoms. The first-order valence-corrected chi connectivity index (χ1v) is 9.09. The fraction of sp³-hybridized carbons (Fsp3) is 0.500. The summed E-state index contributed by atoms with van der Waals surface area (Å²) in [6.07, 6.45) is 2.42. The first kappa shape index (κ1) is 17.7. The monoisotopic (exact) mass is 341 g/mol. The van der Waals surface area contributed by atoms with E-state index in [4.69, 9.17) is 4.52 Å². The van der Waals surface area contributed by atoms with E-state index in [9.17, 15) is 4.79 Å². The van der Waals surface area contributed by atoms with E-state index in [0.29, 0.717) is 6.42 Å². The maximum absolute atomic E-state index is 12.5. The van der Waals surface area contributed by atoms with Gasteiger partial charge in [0.2, 0.25) is 5.91 Å². The number of rotatable bonds is 5. The van der Waals surface area contributed by atoms with Crippen LogP contribution in [0.25, 0.3) is 0 Å². The predicted octanol–water partition coefficient (Wildman–Crippen LogP) is 2.96. The second kappa shape index (κ2) is 8.30. The van der Waals surface area contributed by atoms with Crippen molar-refractivity contribution < 1.29 is 9.32 Å². The lowest BCUT2D eigenvalue weighted by atomic mass is 10.1. The van der Waals surface area contributed by atoms with Gasteiger partial charge in [-0.2, -0.15) is 0 Å². The molecule has 25 heavy (non-hydrogen) atoms. The minimum atomic E-state index is 0.267. The summed E-state index contributed by atoms with van der Waals surface area (Å²) in [5, 5.41) is 4.04. The maximum Gasteiger partial charge on any atom is 0.222 e. The van der Waals surface area contributed by atoms with Crippen LogP contribution in [0.2, 0.25) is 0 Å². The Hall–Kier alpha value is -2.14.